The first-order chi connectivity index (χ1) is 16.6. The van der Waals surface area contributed by atoms with E-state index in [2.05, 4.69) is 11.9 Å². The van der Waals surface area contributed by atoms with Crippen molar-refractivity contribution in [1.29, 1.82) is 5.26 Å². The zero-order chi connectivity index (χ0) is 26.2. The maximum absolute atomic E-state index is 12.9. The van der Waals surface area contributed by atoms with Crippen LogP contribution in [0, 0.1) is 11.3 Å². The molecule has 0 spiro atoms. The van der Waals surface area contributed by atoms with Gasteiger partial charge in [-0.2, -0.15) is 9.57 Å². The van der Waals surface area contributed by atoms with Crippen LogP contribution in [-0.2, 0) is 26.1 Å². The standard InChI is InChI=1S/C23H29N5O5S2/c1-6-13-33-23(30)19(15-24)22-28(7-2)21(29)20(34-22)16-25-17-9-8-10-18(14-17)35(31,32)27(5)12-11-26(3)4/h6,8-10,14,16,25H,1,7,11-13H2,2-5H3. The summed E-state index contributed by atoms with van der Waals surface area (Å²) >= 11 is 0.963. The molecule has 1 N–H and O–H groups in total. The van der Waals surface area contributed by atoms with Crippen molar-refractivity contribution in [2.45, 2.75) is 18.4 Å². The first-order valence-corrected chi connectivity index (χ1v) is 12.9. The van der Waals surface area contributed by atoms with Gasteiger partial charge in [0.1, 0.15) is 21.9 Å². The van der Waals surface area contributed by atoms with Crippen molar-refractivity contribution in [1.82, 2.24) is 13.8 Å². The van der Waals surface area contributed by atoms with Crippen LogP contribution in [0.25, 0.3) is 11.8 Å². The number of ether oxygens (including phenoxy) is 1. The first-order valence-electron chi connectivity index (χ1n) is 10.7. The molecule has 0 aliphatic heterocycles. The van der Waals surface area contributed by atoms with Crippen LogP contribution in [0.15, 0.2) is 46.6 Å². The predicted octanol–water partition coefficient (Wildman–Crippen LogP) is 0.365. The minimum Gasteiger partial charge on any atom is -0.457 e. The minimum atomic E-state index is -3.69. The number of rotatable bonds is 11. The molecule has 0 aliphatic carbocycles. The summed E-state index contributed by atoms with van der Waals surface area (Å²) in [5, 5.41) is 12.4. The zero-order valence-corrected chi connectivity index (χ0v) is 21.8. The van der Waals surface area contributed by atoms with Crippen LogP contribution in [0.2, 0.25) is 0 Å². The smallest absolute Gasteiger partial charge is 0.352 e. The van der Waals surface area contributed by atoms with Crippen molar-refractivity contribution in [3.8, 4) is 6.07 Å². The molecular formula is C23H29N5O5S2. The number of benzene rings is 1. The topological polar surface area (TPSA) is 125 Å². The number of carbonyl (C=O) groups is 1. The van der Waals surface area contributed by atoms with Gasteiger partial charge < -0.3 is 15.0 Å². The Balaban J connectivity index is 2.44. The highest BCUT2D eigenvalue weighted by molar-refractivity contribution is 7.89. The molecule has 0 bridgehead atoms. The summed E-state index contributed by atoms with van der Waals surface area (Å²) in [6.45, 7) is 6.28. The van der Waals surface area contributed by atoms with E-state index in [0.717, 1.165) is 11.3 Å². The van der Waals surface area contributed by atoms with Crippen molar-refractivity contribution in [2.75, 3.05) is 46.2 Å². The van der Waals surface area contributed by atoms with Gasteiger partial charge in [0.2, 0.25) is 10.0 Å². The van der Waals surface area contributed by atoms with Crippen LogP contribution in [0.1, 0.15) is 6.92 Å². The molecule has 0 amide bonds. The van der Waals surface area contributed by atoms with Crippen LogP contribution in [0.5, 0.6) is 0 Å². The van der Waals surface area contributed by atoms with E-state index < -0.39 is 21.6 Å². The Morgan fingerprint density at radius 3 is 2.63 bits per heavy atom. The largest absolute Gasteiger partial charge is 0.457 e. The van der Waals surface area contributed by atoms with Crippen LogP contribution >= 0.6 is 11.3 Å². The fraction of sp³-hybridized carbons (Fsp3) is 0.348. The minimum absolute atomic E-state index is 0.0597. The molecule has 10 nitrogen and oxygen atoms in total. The molecule has 2 rings (SSSR count). The number of nitrogens with one attached hydrogen (secondary N) is 1. The van der Waals surface area contributed by atoms with E-state index in [9.17, 15) is 23.3 Å². The van der Waals surface area contributed by atoms with Gasteiger partial charge in [-0.25, -0.2) is 13.2 Å². The van der Waals surface area contributed by atoms with E-state index in [1.54, 1.807) is 19.1 Å². The van der Waals surface area contributed by atoms with Crippen LogP contribution < -0.4 is 20.1 Å². The molecule has 35 heavy (non-hydrogen) atoms. The monoisotopic (exact) mass is 519 g/mol. The van der Waals surface area contributed by atoms with Crippen molar-refractivity contribution >= 4 is 44.8 Å². The van der Waals surface area contributed by atoms with Crippen molar-refractivity contribution < 1.29 is 17.9 Å². The van der Waals surface area contributed by atoms with Crippen molar-refractivity contribution in [3.05, 3.63) is 56.5 Å². The summed E-state index contributed by atoms with van der Waals surface area (Å²) in [7, 11) is 1.56. The molecule has 0 unspecified atom stereocenters. The number of likely N-dealkylation sites (N-methyl/N-ethyl adjacent to an activating group) is 2. The Hall–Kier alpha value is -3.24. The number of sulfonamides is 1. The molecule has 1 aromatic heterocycles. The Kier molecular flexibility index (Phi) is 9.97. The lowest BCUT2D eigenvalue weighted by Gasteiger charge is -2.19. The van der Waals surface area contributed by atoms with E-state index in [-0.39, 0.29) is 32.8 Å². The maximum atomic E-state index is 12.9. The number of aromatic nitrogens is 1. The SMILES string of the molecule is C=CCOC(=O)C(C#N)=c1sc(=CNc2cccc(S(=O)(=O)N(C)CCN(C)C)c2)c(=O)n1CC. The third kappa shape index (κ3) is 6.89. The average molecular weight is 520 g/mol. The maximum Gasteiger partial charge on any atom is 0.352 e. The number of hydrogen-bond donors (Lipinski definition) is 1. The number of thiazole rings is 1. The molecule has 0 atom stereocenters. The molecule has 188 valence electrons. The van der Waals surface area contributed by atoms with Crippen LogP contribution in [-0.4, -0.2) is 69.0 Å². The Morgan fingerprint density at radius 1 is 1.31 bits per heavy atom. The fourth-order valence-corrected chi connectivity index (χ4v) is 5.20. The summed E-state index contributed by atoms with van der Waals surface area (Å²) in [5.74, 6) is -0.841. The summed E-state index contributed by atoms with van der Waals surface area (Å²) < 4.78 is 33.8. The second kappa shape index (κ2) is 12.5. The molecule has 0 aliphatic rings. The predicted molar refractivity (Wildman–Crippen MR) is 137 cm³/mol. The second-order valence-corrected chi connectivity index (χ2v) is 10.7. The van der Waals surface area contributed by atoms with Gasteiger partial charge in [0, 0.05) is 38.6 Å². The van der Waals surface area contributed by atoms with Gasteiger partial charge >= 0.3 is 5.97 Å². The number of nitrogens with zero attached hydrogens (tertiary/aromatic N) is 4. The van der Waals surface area contributed by atoms with Gasteiger partial charge in [0.15, 0.2) is 5.57 Å². The van der Waals surface area contributed by atoms with Crippen LogP contribution in [0.3, 0.4) is 0 Å². The summed E-state index contributed by atoms with van der Waals surface area (Å²) in [5.41, 5.74) is -0.208. The molecule has 1 heterocycles. The number of carbonyl (C=O) groups excluding carboxylic acids is 1. The Bertz CT molecular complexity index is 1400. The lowest BCUT2D eigenvalue weighted by atomic mass is 10.3. The van der Waals surface area contributed by atoms with Crippen molar-refractivity contribution in [3.63, 3.8) is 0 Å². The normalized spacial score (nSPS) is 13.0. The van der Waals surface area contributed by atoms with Gasteiger partial charge in [-0.15, -0.1) is 11.3 Å². The number of nitriles is 1. The second-order valence-electron chi connectivity index (χ2n) is 7.64. The average Bonchev–Trinajstić information content (AvgIpc) is 3.15. The molecule has 12 heteroatoms. The molecule has 0 radical (unpaired) electrons. The van der Waals surface area contributed by atoms with Crippen LogP contribution in [0.4, 0.5) is 5.69 Å². The number of hydrogen-bond acceptors (Lipinski definition) is 9. The highest BCUT2D eigenvalue weighted by Crippen LogP contribution is 2.18. The lowest BCUT2D eigenvalue weighted by Crippen LogP contribution is -2.33. The molecule has 2 aromatic rings. The molecule has 0 saturated carbocycles. The zero-order valence-electron chi connectivity index (χ0n) is 20.1. The summed E-state index contributed by atoms with van der Waals surface area (Å²) in [6.07, 6.45) is 2.81. The first kappa shape index (κ1) is 28.0. The Morgan fingerprint density at radius 2 is 2.03 bits per heavy atom. The molecule has 0 fully saturated rings. The molecule has 1 aromatic carbocycles. The van der Waals surface area contributed by atoms with E-state index in [1.807, 2.05) is 25.1 Å². The van der Waals surface area contributed by atoms with E-state index in [1.165, 1.54) is 40.3 Å². The summed E-state index contributed by atoms with van der Waals surface area (Å²) in [6, 6.07) is 8.07. The van der Waals surface area contributed by atoms with Gasteiger partial charge in [0.25, 0.3) is 5.56 Å². The highest BCUT2D eigenvalue weighted by atomic mass is 32.2. The number of anilines is 1. The summed E-state index contributed by atoms with van der Waals surface area (Å²) in [4.78, 5) is 27.1. The van der Waals surface area contributed by atoms with E-state index in [0.29, 0.717) is 18.8 Å². The molecular weight excluding hydrogens is 490 g/mol. The van der Waals surface area contributed by atoms with E-state index in [4.69, 9.17) is 4.74 Å². The third-order valence-corrected chi connectivity index (χ3v) is 7.84. The Labute approximate surface area is 208 Å². The van der Waals surface area contributed by atoms with Gasteiger partial charge in [-0.3, -0.25) is 9.36 Å². The quantitative estimate of drug-likeness (QED) is 0.333. The molecule has 0 saturated heterocycles. The van der Waals surface area contributed by atoms with E-state index >= 15 is 0 Å². The van der Waals surface area contributed by atoms with Gasteiger partial charge in [-0.1, -0.05) is 18.7 Å². The van der Waals surface area contributed by atoms with Crippen molar-refractivity contribution in [2.24, 2.45) is 0 Å². The third-order valence-electron chi connectivity index (χ3n) is 4.86. The number of esters is 1. The lowest BCUT2D eigenvalue weighted by molar-refractivity contribution is -0.135. The highest BCUT2D eigenvalue weighted by Gasteiger charge is 2.21. The fourth-order valence-electron chi connectivity index (χ4n) is 2.92. The van der Waals surface area contributed by atoms with Gasteiger partial charge in [-0.05, 0) is 39.2 Å². The van der Waals surface area contributed by atoms with Gasteiger partial charge in [0.05, 0.1) is 4.90 Å².